The molecule has 3 atom stereocenters. The minimum absolute atomic E-state index is 0.0315. The SMILES string of the molecule is O=C1C[C@@H](C(=O)N2C3CCC2CN(c2nc(OCC45CCCN4CCC5)nc4c(F)c(-c5cccc6cccc(Cl)c56)ncc24)C3)O1. The lowest BCUT2D eigenvalue weighted by Crippen LogP contribution is -2.60. The summed E-state index contributed by atoms with van der Waals surface area (Å²) in [5.74, 6) is -0.484. The number of esters is 1. The number of hydrogen-bond acceptors (Lipinski definition) is 9. The fourth-order valence-electron chi connectivity index (χ4n) is 8.71. The van der Waals surface area contributed by atoms with Crippen molar-refractivity contribution in [1.29, 1.82) is 0 Å². The predicted octanol–water partition coefficient (Wildman–Crippen LogP) is 5.14. The molecule has 2 aromatic heterocycles. The first kappa shape index (κ1) is 29.1. The number of aromatic nitrogens is 3. The minimum atomic E-state index is -0.693. The Morgan fingerprint density at radius 1 is 1.06 bits per heavy atom. The number of hydrogen-bond donors (Lipinski definition) is 0. The number of piperazine rings is 1. The average Bonchev–Trinajstić information content (AvgIpc) is 3.72. The number of ether oxygens (including phenoxy) is 2. The van der Waals surface area contributed by atoms with Gasteiger partial charge in [-0.3, -0.25) is 19.5 Å². The van der Waals surface area contributed by atoms with Crippen molar-refractivity contribution in [1.82, 2.24) is 24.8 Å². The van der Waals surface area contributed by atoms with Gasteiger partial charge in [-0.1, -0.05) is 41.9 Å². The van der Waals surface area contributed by atoms with Crippen LogP contribution in [0.15, 0.2) is 42.6 Å². The average molecular weight is 657 g/mol. The number of cyclic esters (lactones) is 1. The van der Waals surface area contributed by atoms with Gasteiger partial charge in [-0.15, -0.1) is 0 Å². The summed E-state index contributed by atoms with van der Waals surface area (Å²) >= 11 is 6.63. The van der Waals surface area contributed by atoms with Crippen LogP contribution in [0.4, 0.5) is 10.2 Å². The van der Waals surface area contributed by atoms with Gasteiger partial charge in [-0.25, -0.2) is 4.39 Å². The van der Waals surface area contributed by atoms with Crippen molar-refractivity contribution in [3.8, 4) is 17.3 Å². The number of carbonyl (C=O) groups excluding carboxylic acids is 2. The Morgan fingerprint density at radius 3 is 2.51 bits per heavy atom. The van der Waals surface area contributed by atoms with Crippen LogP contribution in [-0.2, 0) is 14.3 Å². The molecule has 0 N–H and O–H groups in total. The summed E-state index contributed by atoms with van der Waals surface area (Å²) < 4.78 is 28.3. The van der Waals surface area contributed by atoms with Crippen LogP contribution < -0.4 is 9.64 Å². The van der Waals surface area contributed by atoms with Crippen LogP contribution in [0.3, 0.4) is 0 Å². The highest BCUT2D eigenvalue weighted by molar-refractivity contribution is 6.36. The van der Waals surface area contributed by atoms with Gasteiger partial charge in [-0.2, -0.15) is 9.97 Å². The number of pyridine rings is 1. The van der Waals surface area contributed by atoms with Crippen molar-refractivity contribution in [3.05, 3.63) is 53.4 Å². The van der Waals surface area contributed by atoms with E-state index in [0.717, 1.165) is 62.4 Å². The molecule has 0 saturated carbocycles. The van der Waals surface area contributed by atoms with Crippen LogP contribution in [0.25, 0.3) is 32.9 Å². The zero-order valence-electron chi connectivity index (χ0n) is 25.8. The first-order valence-electron chi connectivity index (χ1n) is 16.6. The highest BCUT2D eigenvalue weighted by Gasteiger charge is 2.49. The summed E-state index contributed by atoms with van der Waals surface area (Å²) in [6, 6.07) is 11.2. The molecular weight excluding hydrogens is 623 g/mol. The Hall–Kier alpha value is -4.09. The van der Waals surface area contributed by atoms with Gasteiger partial charge in [0.1, 0.15) is 23.6 Å². The quantitative estimate of drug-likeness (QED) is 0.261. The predicted molar refractivity (Wildman–Crippen MR) is 174 cm³/mol. The van der Waals surface area contributed by atoms with Crippen molar-refractivity contribution in [3.63, 3.8) is 0 Å². The van der Waals surface area contributed by atoms with Crippen LogP contribution >= 0.6 is 11.6 Å². The molecule has 5 saturated heterocycles. The van der Waals surface area contributed by atoms with Gasteiger partial charge in [0.05, 0.1) is 17.3 Å². The molecule has 2 bridgehead atoms. The number of nitrogens with zero attached hydrogens (tertiary/aromatic N) is 6. The van der Waals surface area contributed by atoms with E-state index in [1.807, 2.05) is 35.2 Å². The molecule has 4 aromatic rings. The van der Waals surface area contributed by atoms with Crippen molar-refractivity contribution in [2.75, 3.05) is 37.7 Å². The molecule has 9 rings (SSSR count). The Morgan fingerprint density at radius 2 is 1.79 bits per heavy atom. The Labute approximate surface area is 275 Å². The van der Waals surface area contributed by atoms with Gasteiger partial charge in [0, 0.05) is 47.3 Å². The standard InChI is InChI=1S/C35H34ClFN6O4/c36-25-8-2-6-20-5-1-7-23(28(20)25)30-29(37)31-24(16-38-30)32(40-34(39-31)46-19-35-11-3-13-42(35)14-4-12-35)41-17-21-9-10-22(18-41)43(21)33(45)26-15-27(44)47-26/h1-2,5-8,16,21-22,26H,3-4,9-15,17-19H2/t21?,22?,26-/m0/s1. The van der Waals surface area contributed by atoms with E-state index in [1.165, 1.54) is 0 Å². The van der Waals surface area contributed by atoms with E-state index in [2.05, 4.69) is 14.8 Å². The van der Waals surface area contributed by atoms with E-state index in [1.54, 1.807) is 12.3 Å². The molecule has 10 nitrogen and oxygen atoms in total. The molecular formula is C35H34ClFN6O4. The maximum absolute atomic E-state index is 16.8. The normalized spacial score (nSPS) is 24.9. The monoisotopic (exact) mass is 656 g/mol. The topological polar surface area (TPSA) is 101 Å². The summed E-state index contributed by atoms with van der Waals surface area (Å²) in [7, 11) is 0. The molecule has 5 fully saturated rings. The number of anilines is 1. The zero-order valence-corrected chi connectivity index (χ0v) is 26.6. The van der Waals surface area contributed by atoms with Crippen LogP contribution in [-0.4, -0.2) is 93.1 Å². The summed E-state index contributed by atoms with van der Waals surface area (Å²) in [6.07, 6.45) is 7.14. The first-order chi connectivity index (χ1) is 22.9. The molecule has 2 unspecified atom stereocenters. The van der Waals surface area contributed by atoms with Gasteiger partial charge < -0.3 is 19.3 Å². The number of benzene rings is 2. The van der Waals surface area contributed by atoms with Gasteiger partial charge in [0.25, 0.3) is 5.91 Å². The summed E-state index contributed by atoms with van der Waals surface area (Å²) in [4.78, 5) is 45.4. The van der Waals surface area contributed by atoms with E-state index in [0.29, 0.717) is 41.5 Å². The number of carbonyl (C=O) groups is 2. The zero-order chi connectivity index (χ0) is 31.9. The fraction of sp³-hybridized carbons (Fsp3) is 0.457. The van der Waals surface area contributed by atoms with Crippen molar-refractivity contribution in [2.24, 2.45) is 0 Å². The third kappa shape index (κ3) is 4.64. The minimum Gasteiger partial charge on any atom is -0.461 e. The lowest BCUT2D eigenvalue weighted by Gasteiger charge is -2.43. The van der Waals surface area contributed by atoms with Crippen molar-refractivity contribution in [2.45, 2.75) is 68.7 Å². The molecule has 0 spiro atoms. The maximum Gasteiger partial charge on any atom is 0.319 e. The van der Waals surface area contributed by atoms with Gasteiger partial charge in [0.2, 0.25) is 0 Å². The molecule has 2 aromatic carbocycles. The number of amides is 1. The number of rotatable bonds is 6. The smallest absolute Gasteiger partial charge is 0.319 e. The lowest BCUT2D eigenvalue weighted by atomic mass is 9.95. The number of fused-ring (bicyclic) bond motifs is 5. The molecule has 1 amide bonds. The Kier molecular flexibility index (Phi) is 6.80. The van der Waals surface area contributed by atoms with Crippen molar-refractivity contribution < 1.29 is 23.5 Å². The van der Waals surface area contributed by atoms with Gasteiger partial charge in [-0.05, 0) is 63.1 Å². The molecule has 242 valence electrons. The Balaban J connectivity index is 1.12. The third-order valence-electron chi connectivity index (χ3n) is 11.0. The molecule has 47 heavy (non-hydrogen) atoms. The molecule has 0 aliphatic carbocycles. The number of halogens is 2. The van der Waals surface area contributed by atoms with E-state index < -0.39 is 11.9 Å². The van der Waals surface area contributed by atoms with E-state index in [-0.39, 0.29) is 53.1 Å². The highest BCUT2D eigenvalue weighted by atomic mass is 35.5. The summed E-state index contributed by atoms with van der Waals surface area (Å²) in [5.41, 5.74) is 0.853. The van der Waals surface area contributed by atoms with Crippen LogP contribution in [0.1, 0.15) is 44.9 Å². The van der Waals surface area contributed by atoms with Gasteiger partial charge in [0.15, 0.2) is 11.9 Å². The fourth-order valence-corrected chi connectivity index (χ4v) is 8.99. The van der Waals surface area contributed by atoms with E-state index in [9.17, 15) is 9.59 Å². The second-order valence-electron chi connectivity index (χ2n) is 13.6. The summed E-state index contributed by atoms with van der Waals surface area (Å²) in [6.45, 7) is 3.60. The molecule has 7 heterocycles. The van der Waals surface area contributed by atoms with E-state index in [4.69, 9.17) is 31.0 Å². The molecule has 5 aliphatic rings. The lowest BCUT2D eigenvalue weighted by molar-refractivity contribution is -0.180. The van der Waals surface area contributed by atoms with Crippen LogP contribution in [0.5, 0.6) is 6.01 Å². The maximum atomic E-state index is 16.8. The Bertz CT molecular complexity index is 1920. The molecule has 12 heteroatoms. The first-order valence-corrected chi connectivity index (χ1v) is 16.9. The van der Waals surface area contributed by atoms with E-state index >= 15 is 4.39 Å². The second-order valence-corrected chi connectivity index (χ2v) is 14.0. The van der Waals surface area contributed by atoms with Crippen LogP contribution in [0.2, 0.25) is 5.02 Å². The summed E-state index contributed by atoms with van der Waals surface area (Å²) in [5, 5.41) is 2.62. The molecule has 5 aliphatic heterocycles. The molecule has 0 radical (unpaired) electrons. The second kappa shape index (κ2) is 11.0. The third-order valence-corrected chi connectivity index (χ3v) is 11.3. The van der Waals surface area contributed by atoms with Crippen molar-refractivity contribution >= 4 is 51.0 Å². The highest BCUT2D eigenvalue weighted by Crippen LogP contribution is 2.42. The van der Waals surface area contributed by atoms with Gasteiger partial charge >= 0.3 is 12.0 Å². The largest absolute Gasteiger partial charge is 0.461 e. The van der Waals surface area contributed by atoms with Crippen LogP contribution in [0, 0.1) is 5.82 Å².